The minimum atomic E-state index is 0.663. The predicted molar refractivity (Wildman–Crippen MR) is 78.2 cm³/mol. The lowest BCUT2D eigenvalue weighted by molar-refractivity contribution is 0.158. The second-order valence-electron chi connectivity index (χ2n) is 5.55. The molecule has 110 valence electrons. The van der Waals surface area contributed by atoms with Gasteiger partial charge in [-0.2, -0.15) is 0 Å². The van der Waals surface area contributed by atoms with E-state index in [1.807, 2.05) is 6.92 Å². The number of likely N-dealkylation sites (N-methyl/N-ethyl adjacent to an activating group) is 1. The van der Waals surface area contributed by atoms with Crippen molar-refractivity contribution in [1.82, 2.24) is 10.2 Å². The fraction of sp³-hybridized carbons (Fsp3) is 0.733. The van der Waals surface area contributed by atoms with Crippen molar-refractivity contribution in [1.29, 1.82) is 0 Å². The molecule has 0 aliphatic rings. The Morgan fingerprint density at radius 2 is 2.16 bits per heavy atom. The van der Waals surface area contributed by atoms with Crippen LogP contribution in [0.3, 0.4) is 0 Å². The largest absolute Gasteiger partial charge is 0.465 e. The number of nitrogens with one attached hydrogen (secondary N) is 1. The van der Waals surface area contributed by atoms with Crippen LogP contribution in [0.1, 0.15) is 30.9 Å². The first-order chi connectivity index (χ1) is 9.02. The van der Waals surface area contributed by atoms with E-state index in [1.54, 1.807) is 7.11 Å². The van der Waals surface area contributed by atoms with Gasteiger partial charge in [0.25, 0.3) is 0 Å². The van der Waals surface area contributed by atoms with Crippen LogP contribution in [0.4, 0.5) is 0 Å². The number of hydrogen-bond donors (Lipinski definition) is 1. The van der Waals surface area contributed by atoms with E-state index in [0.29, 0.717) is 5.92 Å². The summed E-state index contributed by atoms with van der Waals surface area (Å²) in [5, 5.41) is 3.40. The van der Waals surface area contributed by atoms with E-state index < -0.39 is 0 Å². The maximum atomic E-state index is 5.78. The molecule has 1 N–H and O–H groups in total. The highest BCUT2D eigenvalue weighted by Gasteiger charge is 2.09. The summed E-state index contributed by atoms with van der Waals surface area (Å²) in [6.45, 7) is 10.9. The molecule has 0 saturated carbocycles. The molecule has 0 aromatic carbocycles. The fourth-order valence-corrected chi connectivity index (χ4v) is 1.93. The van der Waals surface area contributed by atoms with Gasteiger partial charge >= 0.3 is 0 Å². The quantitative estimate of drug-likeness (QED) is 0.746. The summed E-state index contributed by atoms with van der Waals surface area (Å²) in [5.41, 5.74) is 1.26. The molecular formula is C15H28N2O2. The first kappa shape index (κ1) is 16.2. The normalized spacial score (nSPS) is 11.7. The lowest BCUT2D eigenvalue weighted by Crippen LogP contribution is -2.22. The number of hydrogen-bond acceptors (Lipinski definition) is 4. The van der Waals surface area contributed by atoms with Crippen LogP contribution < -0.4 is 5.32 Å². The monoisotopic (exact) mass is 268 g/mol. The molecule has 0 spiro atoms. The van der Waals surface area contributed by atoms with E-state index in [2.05, 4.69) is 37.2 Å². The summed E-state index contributed by atoms with van der Waals surface area (Å²) < 4.78 is 10.9. The molecule has 1 aromatic heterocycles. The van der Waals surface area contributed by atoms with E-state index in [9.17, 15) is 0 Å². The molecule has 1 rings (SSSR count). The van der Waals surface area contributed by atoms with Crippen LogP contribution in [0.25, 0.3) is 0 Å². The van der Waals surface area contributed by atoms with E-state index in [0.717, 1.165) is 44.3 Å². The summed E-state index contributed by atoms with van der Waals surface area (Å²) in [6, 6.07) is 2.16. The Hall–Kier alpha value is -0.840. The molecule has 0 aliphatic heterocycles. The molecule has 4 nitrogen and oxygen atoms in total. The van der Waals surface area contributed by atoms with Crippen molar-refractivity contribution in [2.24, 2.45) is 5.92 Å². The molecule has 0 unspecified atom stereocenters. The van der Waals surface area contributed by atoms with Crippen molar-refractivity contribution in [3.63, 3.8) is 0 Å². The molecule has 0 bridgehead atoms. The number of furan rings is 1. The van der Waals surface area contributed by atoms with Gasteiger partial charge in [-0.3, -0.25) is 4.90 Å². The molecule has 1 heterocycles. The fourth-order valence-electron chi connectivity index (χ4n) is 1.93. The maximum absolute atomic E-state index is 5.78. The lowest BCUT2D eigenvalue weighted by atomic mass is 10.2. The Labute approximate surface area is 117 Å². The number of rotatable bonds is 9. The molecule has 0 aliphatic carbocycles. The summed E-state index contributed by atoms with van der Waals surface area (Å²) in [7, 11) is 3.83. The van der Waals surface area contributed by atoms with Gasteiger partial charge in [0.15, 0.2) is 0 Å². The third kappa shape index (κ3) is 6.23. The highest BCUT2D eigenvalue weighted by molar-refractivity contribution is 5.20. The van der Waals surface area contributed by atoms with Gasteiger partial charge in [-0.1, -0.05) is 13.8 Å². The topological polar surface area (TPSA) is 37.6 Å². The number of aryl methyl sites for hydroxylation is 1. The third-order valence-corrected chi connectivity index (χ3v) is 3.04. The zero-order chi connectivity index (χ0) is 14.3. The van der Waals surface area contributed by atoms with Crippen molar-refractivity contribution in [3.05, 3.63) is 23.2 Å². The van der Waals surface area contributed by atoms with Crippen molar-refractivity contribution in [2.45, 2.75) is 33.9 Å². The number of ether oxygens (including phenoxy) is 1. The standard InChI is InChI=1S/C15H28N2O2/c1-12(2)9-16-10-15-8-14(13(3)19-15)11-17(4)6-7-18-5/h8,12,16H,6-7,9-11H2,1-5H3. The van der Waals surface area contributed by atoms with Crippen molar-refractivity contribution in [3.8, 4) is 0 Å². The highest BCUT2D eigenvalue weighted by atomic mass is 16.5. The second kappa shape index (κ2) is 8.35. The van der Waals surface area contributed by atoms with E-state index in [4.69, 9.17) is 9.15 Å². The van der Waals surface area contributed by atoms with E-state index in [1.165, 1.54) is 5.56 Å². The molecule has 4 heteroatoms. The van der Waals surface area contributed by atoms with Crippen molar-refractivity contribution >= 4 is 0 Å². The summed E-state index contributed by atoms with van der Waals surface area (Å²) in [5.74, 6) is 2.70. The van der Waals surface area contributed by atoms with E-state index >= 15 is 0 Å². The predicted octanol–water partition coefficient (Wildman–Crippen LogP) is 2.41. The molecule has 0 atom stereocenters. The van der Waals surface area contributed by atoms with Gasteiger partial charge in [-0.25, -0.2) is 0 Å². The van der Waals surface area contributed by atoms with Crippen LogP contribution in [0, 0.1) is 12.8 Å². The minimum Gasteiger partial charge on any atom is -0.465 e. The van der Waals surface area contributed by atoms with Gasteiger partial charge in [-0.15, -0.1) is 0 Å². The Morgan fingerprint density at radius 3 is 2.79 bits per heavy atom. The Bertz CT molecular complexity index is 361. The van der Waals surface area contributed by atoms with Gasteiger partial charge in [0.2, 0.25) is 0 Å². The minimum absolute atomic E-state index is 0.663. The molecule has 0 amide bonds. The Balaban J connectivity index is 2.44. The first-order valence-corrected chi connectivity index (χ1v) is 6.99. The molecule has 0 fully saturated rings. The zero-order valence-corrected chi connectivity index (χ0v) is 13.0. The molecular weight excluding hydrogens is 240 g/mol. The summed E-state index contributed by atoms with van der Waals surface area (Å²) in [4.78, 5) is 2.24. The van der Waals surface area contributed by atoms with Crippen LogP contribution in [0.15, 0.2) is 10.5 Å². The SMILES string of the molecule is COCCN(C)Cc1cc(CNCC(C)C)oc1C. The molecule has 0 radical (unpaired) electrons. The average molecular weight is 268 g/mol. The third-order valence-electron chi connectivity index (χ3n) is 3.04. The number of nitrogens with zero attached hydrogens (tertiary/aromatic N) is 1. The maximum Gasteiger partial charge on any atom is 0.118 e. The Morgan fingerprint density at radius 1 is 1.42 bits per heavy atom. The average Bonchev–Trinajstić information content (AvgIpc) is 2.67. The number of methoxy groups -OCH3 is 1. The highest BCUT2D eigenvalue weighted by Crippen LogP contribution is 2.16. The van der Waals surface area contributed by atoms with Crippen LogP contribution in [-0.2, 0) is 17.8 Å². The van der Waals surface area contributed by atoms with Gasteiger partial charge < -0.3 is 14.5 Å². The smallest absolute Gasteiger partial charge is 0.118 e. The lowest BCUT2D eigenvalue weighted by Gasteiger charge is -2.14. The van der Waals surface area contributed by atoms with Crippen molar-refractivity contribution < 1.29 is 9.15 Å². The van der Waals surface area contributed by atoms with Gasteiger partial charge in [0.1, 0.15) is 11.5 Å². The van der Waals surface area contributed by atoms with Crippen LogP contribution in [-0.4, -0.2) is 38.8 Å². The van der Waals surface area contributed by atoms with Gasteiger partial charge in [-0.05, 0) is 32.5 Å². The van der Waals surface area contributed by atoms with Gasteiger partial charge in [0, 0.05) is 25.8 Å². The van der Waals surface area contributed by atoms with Crippen LogP contribution >= 0.6 is 0 Å². The van der Waals surface area contributed by atoms with E-state index in [-0.39, 0.29) is 0 Å². The van der Waals surface area contributed by atoms with Crippen LogP contribution in [0.5, 0.6) is 0 Å². The van der Waals surface area contributed by atoms with Gasteiger partial charge in [0.05, 0.1) is 13.2 Å². The summed E-state index contributed by atoms with van der Waals surface area (Å²) in [6.07, 6.45) is 0. The Kier molecular flexibility index (Phi) is 7.13. The summed E-state index contributed by atoms with van der Waals surface area (Å²) >= 11 is 0. The molecule has 19 heavy (non-hydrogen) atoms. The molecule has 1 aromatic rings. The first-order valence-electron chi connectivity index (χ1n) is 6.99. The van der Waals surface area contributed by atoms with Crippen LogP contribution in [0.2, 0.25) is 0 Å². The second-order valence-corrected chi connectivity index (χ2v) is 5.55. The zero-order valence-electron chi connectivity index (χ0n) is 13.0. The molecule has 0 saturated heterocycles. The van der Waals surface area contributed by atoms with Crippen molar-refractivity contribution in [2.75, 3.05) is 33.9 Å².